The van der Waals surface area contributed by atoms with Crippen LogP contribution in [0.5, 0.6) is 0 Å². The Balaban J connectivity index is 1.95. The number of nitrogens with two attached hydrogens (primary N) is 1. The van der Waals surface area contributed by atoms with E-state index in [4.69, 9.17) is 5.14 Å². The first-order valence-corrected chi connectivity index (χ1v) is 8.69. The summed E-state index contributed by atoms with van der Waals surface area (Å²) in [5, 5.41) is 11.0. The molecule has 0 aliphatic carbocycles. The van der Waals surface area contributed by atoms with Crippen molar-refractivity contribution in [2.75, 3.05) is 11.9 Å². The molecule has 0 aromatic heterocycles. The van der Waals surface area contributed by atoms with E-state index in [0.717, 1.165) is 19.4 Å². The van der Waals surface area contributed by atoms with E-state index in [1.165, 1.54) is 0 Å². The highest BCUT2D eigenvalue weighted by atomic mass is 32.2. The zero-order valence-corrected chi connectivity index (χ0v) is 12.8. The minimum atomic E-state index is -3.53. The fourth-order valence-corrected chi connectivity index (χ4v) is 3.11. The third-order valence-corrected chi connectivity index (χ3v) is 4.31. The number of hydrogen-bond acceptors (Lipinski definition) is 4. The molecule has 0 bridgehead atoms. The van der Waals surface area contributed by atoms with E-state index in [9.17, 15) is 13.2 Å². The molecule has 6 nitrogen and oxygen atoms in total. The van der Waals surface area contributed by atoms with Gasteiger partial charge in [0.05, 0.1) is 11.8 Å². The molecule has 116 valence electrons. The molecular weight excluding hydrogens is 290 g/mol. The maximum Gasteiger partial charge on any atom is 0.241 e. The SMILES string of the molecule is CC1CCNC(C(=O)Nc2ccc(CS(N)(=O)=O)cc2)C1. The van der Waals surface area contributed by atoms with Gasteiger partial charge in [-0.05, 0) is 43.0 Å². The number of sulfonamides is 1. The average Bonchev–Trinajstić information content (AvgIpc) is 2.39. The van der Waals surface area contributed by atoms with E-state index < -0.39 is 10.0 Å². The quantitative estimate of drug-likeness (QED) is 0.765. The van der Waals surface area contributed by atoms with E-state index >= 15 is 0 Å². The Labute approximate surface area is 125 Å². The van der Waals surface area contributed by atoms with Crippen LogP contribution < -0.4 is 15.8 Å². The van der Waals surface area contributed by atoms with Crippen LogP contribution in [0.1, 0.15) is 25.3 Å². The highest BCUT2D eigenvalue weighted by Gasteiger charge is 2.24. The van der Waals surface area contributed by atoms with Crippen molar-refractivity contribution in [3.05, 3.63) is 29.8 Å². The van der Waals surface area contributed by atoms with Gasteiger partial charge in [-0.1, -0.05) is 19.1 Å². The summed E-state index contributed by atoms with van der Waals surface area (Å²) >= 11 is 0. The fourth-order valence-electron chi connectivity index (χ4n) is 2.45. The van der Waals surface area contributed by atoms with Crippen LogP contribution in [0.3, 0.4) is 0 Å². The second-order valence-electron chi connectivity index (χ2n) is 5.63. The zero-order valence-electron chi connectivity index (χ0n) is 12.0. The van der Waals surface area contributed by atoms with Crippen LogP contribution in [0.25, 0.3) is 0 Å². The van der Waals surface area contributed by atoms with Crippen molar-refractivity contribution in [2.24, 2.45) is 11.1 Å². The van der Waals surface area contributed by atoms with Crippen LogP contribution in [0.4, 0.5) is 5.69 Å². The number of anilines is 1. The highest BCUT2D eigenvalue weighted by molar-refractivity contribution is 7.88. The van der Waals surface area contributed by atoms with Crippen molar-refractivity contribution in [1.29, 1.82) is 0 Å². The van der Waals surface area contributed by atoms with Gasteiger partial charge in [0, 0.05) is 5.69 Å². The number of benzene rings is 1. The summed E-state index contributed by atoms with van der Waals surface area (Å²) in [5.74, 6) is 0.281. The van der Waals surface area contributed by atoms with Crippen molar-refractivity contribution >= 4 is 21.6 Å². The van der Waals surface area contributed by atoms with Crippen LogP contribution in [0.15, 0.2) is 24.3 Å². The van der Waals surface area contributed by atoms with Gasteiger partial charge in [-0.3, -0.25) is 4.79 Å². The Hall–Kier alpha value is -1.44. The molecule has 1 fully saturated rings. The number of piperidine rings is 1. The average molecular weight is 311 g/mol. The van der Waals surface area contributed by atoms with Crippen LogP contribution in [0, 0.1) is 5.92 Å². The molecule has 1 amide bonds. The van der Waals surface area contributed by atoms with Gasteiger partial charge in [-0.15, -0.1) is 0 Å². The first-order chi connectivity index (χ1) is 9.83. The Kier molecular flexibility index (Phi) is 4.97. The van der Waals surface area contributed by atoms with Gasteiger partial charge in [0.2, 0.25) is 15.9 Å². The molecule has 0 saturated carbocycles. The summed E-state index contributed by atoms with van der Waals surface area (Å²) in [4.78, 5) is 12.1. The maximum atomic E-state index is 12.1. The van der Waals surface area contributed by atoms with Gasteiger partial charge < -0.3 is 10.6 Å². The monoisotopic (exact) mass is 311 g/mol. The second-order valence-corrected chi connectivity index (χ2v) is 7.24. The van der Waals surface area contributed by atoms with E-state index in [-0.39, 0.29) is 17.7 Å². The molecule has 1 aromatic carbocycles. The third kappa shape index (κ3) is 5.11. The predicted molar refractivity (Wildman–Crippen MR) is 82.1 cm³/mol. The summed E-state index contributed by atoms with van der Waals surface area (Å²) in [6, 6.07) is 6.50. The predicted octanol–water partition coefficient (Wildman–Crippen LogP) is 0.802. The van der Waals surface area contributed by atoms with Gasteiger partial charge in [0.25, 0.3) is 0 Å². The molecule has 21 heavy (non-hydrogen) atoms. The van der Waals surface area contributed by atoms with Gasteiger partial charge >= 0.3 is 0 Å². The molecule has 1 aliphatic heterocycles. The summed E-state index contributed by atoms with van der Waals surface area (Å²) in [5.41, 5.74) is 1.25. The Morgan fingerprint density at radius 2 is 2.05 bits per heavy atom. The Bertz CT molecular complexity index is 598. The molecule has 1 aliphatic rings. The first kappa shape index (κ1) is 15.9. The summed E-state index contributed by atoms with van der Waals surface area (Å²) in [6.07, 6.45) is 1.92. The number of primary sulfonamides is 1. The molecule has 0 spiro atoms. The highest BCUT2D eigenvalue weighted by Crippen LogP contribution is 2.17. The van der Waals surface area contributed by atoms with E-state index in [1.807, 2.05) is 0 Å². The standard InChI is InChI=1S/C14H21N3O3S/c1-10-6-7-16-13(8-10)14(18)17-12-4-2-11(3-5-12)9-21(15,19)20/h2-5,10,13,16H,6-9H2,1H3,(H,17,18)(H2,15,19,20). The van der Waals surface area contributed by atoms with Crippen molar-refractivity contribution in [2.45, 2.75) is 31.6 Å². The minimum absolute atomic E-state index is 0.0549. The van der Waals surface area contributed by atoms with Gasteiger partial charge in [-0.25, -0.2) is 13.6 Å². The number of carbonyl (C=O) groups excluding carboxylic acids is 1. The summed E-state index contributed by atoms with van der Waals surface area (Å²) in [6.45, 7) is 3.00. The molecule has 1 aromatic rings. The largest absolute Gasteiger partial charge is 0.325 e. The topological polar surface area (TPSA) is 101 Å². The lowest BCUT2D eigenvalue weighted by Crippen LogP contribution is -2.45. The minimum Gasteiger partial charge on any atom is -0.325 e. The normalized spacial score (nSPS) is 22.8. The lowest BCUT2D eigenvalue weighted by Gasteiger charge is -2.27. The van der Waals surface area contributed by atoms with Crippen molar-refractivity contribution < 1.29 is 13.2 Å². The van der Waals surface area contributed by atoms with Gasteiger partial charge in [0.1, 0.15) is 0 Å². The number of nitrogens with one attached hydrogen (secondary N) is 2. The number of carbonyl (C=O) groups is 1. The number of rotatable bonds is 4. The summed E-state index contributed by atoms with van der Waals surface area (Å²) < 4.78 is 22.0. The van der Waals surface area contributed by atoms with Crippen LogP contribution in [-0.2, 0) is 20.6 Å². The number of amides is 1. The smallest absolute Gasteiger partial charge is 0.241 e. The van der Waals surface area contributed by atoms with E-state index in [0.29, 0.717) is 17.2 Å². The van der Waals surface area contributed by atoms with Gasteiger partial charge in [-0.2, -0.15) is 0 Å². The fraction of sp³-hybridized carbons (Fsp3) is 0.500. The van der Waals surface area contributed by atoms with Crippen LogP contribution in [0.2, 0.25) is 0 Å². The second kappa shape index (κ2) is 6.55. The molecule has 0 radical (unpaired) electrons. The molecule has 4 N–H and O–H groups in total. The molecule has 2 atom stereocenters. The third-order valence-electron chi connectivity index (χ3n) is 3.57. The van der Waals surface area contributed by atoms with Crippen LogP contribution >= 0.6 is 0 Å². The van der Waals surface area contributed by atoms with E-state index in [2.05, 4.69) is 17.6 Å². The van der Waals surface area contributed by atoms with Crippen molar-refractivity contribution in [1.82, 2.24) is 5.32 Å². The molecule has 2 rings (SSSR count). The van der Waals surface area contributed by atoms with Crippen LogP contribution in [-0.4, -0.2) is 26.9 Å². The molecule has 1 heterocycles. The molecule has 1 saturated heterocycles. The van der Waals surface area contributed by atoms with E-state index in [1.54, 1.807) is 24.3 Å². The molecule has 2 unspecified atom stereocenters. The molecule has 7 heteroatoms. The molecular formula is C14H21N3O3S. The Morgan fingerprint density at radius 3 is 2.62 bits per heavy atom. The lowest BCUT2D eigenvalue weighted by atomic mass is 9.94. The maximum absolute atomic E-state index is 12.1. The van der Waals surface area contributed by atoms with Crippen molar-refractivity contribution in [3.63, 3.8) is 0 Å². The van der Waals surface area contributed by atoms with Gasteiger partial charge in [0.15, 0.2) is 0 Å². The lowest BCUT2D eigenvalue weighted by molar-refractivity contribution is -0.119. The Morgan fingerprint density at radius 1 is 1.38 bits per heavy atom. The van der Waals surface area contributed by atoms with Crippen molar-refractivity contribution in [3.8, 4) is 0 Å². The summed E-state index contributed by atoms with van der Waals surface area (Å²) in [7, 11) is -3.53. The zero-order chi connectivity index (χ0) is 15.5. The first-order valence-electron chi connectivity index (χ1n) is 6.97. The number of hydrogen-bond donors (Lipinski definition) is 3.